The summed E-state index contributed by atoms with van der Waals surface area (Å²) in [6, 6.07) is 10.6. The second-order valence-corrected chi connectivity index (χ2v) is 8.56. The second-order valence-electron chi connectivity index (χ2n) is 7.39. The van der Waals surface area contributed by atoms with Crippen LogP contribution in [0.5, 0.6) is 0 Å². The van der Waals surface area contributed by atoms with Crippen LogP contribution >= 0.6 is 11.8 Å². The summed E-state index contributed by atoms with van der Waals surface area (Å²) in [7, 11) is 0. The molecule has 0 fully saturated rings. The third kappa shape index (κ3) is 9.74. The Labute approximate surface area is 154 Å². The fraction of sp³-hybridized carbons (Fsp3) is 0.727. The Morgan fingerprint density at radius 1 is 0.917 bits per heavy atom. The summed E-state index contributed by atoms with van der Waals surface area (Å²) >= 11 is 1.95. The van der Waals surface area contributed by atoms with Crippen LogP contribution < -0.4 is 0 Å². The topological polar surface area (TPSA) is 20.2 Å². The van der Waals surface area contributed by atoms with Gasteiger partial charge in [0.1, 0.15) is 0 Å². The number of aliphatic hydroxyl groups is 1. The lowest BCUT2D eigenvalue weighted by atomic mass is 9.83. The monoisotopic (exact) mass is 350 g/mol. The van der Waals surface area contributed by atoms with E-state index in [4.69, 9.17) is 0 Å². The summed E-state index contributed by atoms with van der Waals surface area (Å²) in [6.07, 6.45) is 10.2. The van der Waals surface area contributed by atoms with Gasteiger partial charge in [0.15, 0.2) is 0 Å². The molecule has 0 aliphatic carbocycles. The molecule has 0 amide bonds. The fourth-order valence-electron chi connectivity index (χ4n) is 3.28. The maximum atomic E-state index is 9.70. The van der Waals surface area contributed by atoms with Crippen molar-refractivity contribution in [3.8, 4) is 0 Å². The molecule has 1 N–H and O–H groups in total. The van der Waals surface area contributed by atoms with Crippen molar-refractivity contribution >= 4 is 11.8 Å². The van der Waals surface area contributed by atoms with Crippen LogP contribution in [0.3, 0.4) is 0 Å². The van der Waals surface area contributed by atoms with Gasteiger partial charge in [-0.3, -0.25) is 0 Å². The van der Waals surface area contributed by atoms with E-state index in [0.29, 0.717) is 12.5 Å². The first kappa shape index (κ1) is 21.6. The van der Waals surface area contributed by atoms with Crippen molar-refractivity contribution in [3.63, 3.8) is 0 Å². The Hall–Kier alpha value is -0.470. The largest absolute Gasteiger partial charge is 0.396 e. The quantitative estimate of drug-likeness (QED) is 0.294. The van der Waals surface area contributed by atoms with Gasteiger partial charge in [-0.25, -0.2) is 0 Å². The van der Waals surface area contributed by atoms with Crippen molar-refractivity contribution < 1.29 is 5.11 Å². The molecule has 0 spiro atoms. The number of rotatable bonds is 14. The minimum Gasteiger partial charge on any atom is -0.396 e. The first-order valence-corrected chi connectivity index (χ1v) is 10.9. The van der Waals surface area contributed by atoms with Crippen LogP contribution in [-0.2, 0) is 0 Å². The van der Waals surface area contributed by atoms with Gasteiger partial charge in [0.05, 0.1) is 0 Å². The first-order valence-electron chi connectivity index (χ1n) is 9.96. The highest BCUT2D eigenvalue weighted by Gasteiger charge is 2.17. The summed E-state index contributed by atoms with van der Waals surface area (Å²) in [6.45, 7) is 7.40. The van der Waals surface area contributed by atoms with E-state index in [0.717, 1.165) is 11.8 Å². The molecule has 2 unspecified atom stereocenters. The molecule has 3 atom stereocenters. The van der Waals surface area contributed by atoms with E-state index < -0.39 is 0 Å². The van der Waals surface area contributed by atoms with Gasteiger partial charge in [0.25, 0.3) is 0 Å². The van der Waals surface area contributed by atoms with Crippen LogP contribution in [0.4, 0.5) is 0 Å². The van der Waals surface area contributed by atoms with Crippen molar-refractivity contribution in [1.82, 2.24) is 0 Å². The van der Waals surface area contributed by atoms with Crippen LogP contribution in [0.2, 0.25) is 0 Å². The molecule has 2 heteroatoms. The van der Waals surface area contributed by atoms with Crippen LogP contribution in [0.1, 0.15) is 72.1 Å². The summed E-state index contributed by atoms with van der Waals surface area (Å²) in [5, 5.41) is 9.70. The van der Waals surface area contributed by atoms with Crippen LogP contribution in [0, 0.1) is 17.8 Å². The number of benzene rings is 1. The SMILES string of the molecule is CCCCCC(C)[C@@H](C)CC(CO)CCCCSc1ccccc1. The van der Waals surface area contributed by atoms with Crippen LogP contribution in [-0.4, -0.2) is 17.5 Å². The van der Waals surface area contributed by atoms with E-state index in [1.807, 2.05) is 11.8 Å². The van der Waals surface area contributed by atoms with E-state index in [9.17, 15) is 5.11 Å². The zero-order valence-electron chi connectivity index (χ0n) is 16.0. The molecule has 138 valence electrons. The van der Waals surface area contributed by atoms with Gasteiger partial charge in [-0.2, -0.15) is 0 Å². The first-order chi connectivity index (χ1) is 11.7. The molecule has 0 bridgehead atoms. The average Bonchev–Trinajstić information content (AvgIpc) is 2.61. The lowest BCUT2D eigenvalue weighted by Gasteiger charge is -2.24. The Kier molecular flexibility index (Phi) is 12.4. The zero-order valence-corrected chi connectivity index (χ0v) is 16.9. The molecule has 0 saturated carbocycles. The Balaban J connectivity index is 2.14. The van der Waals surface area contributed by atoms with Crippen molar-refractivity contribution in [3.05, 3.63) is 30.3 Å². The average molecular weight is 351 g/mol. The van der Waals surface area contributed by atoms with Crippen molar-refractivity contribution in [1.29, 1.82) is 0 Å². The van der Waals surface area contributed by atoms with Gasteiger partial charge in [-0.15, -0.1) is 11.8 Å². The minimum absolute atomic E-state index is 0.359. The van der Waals surface area contributed by atoms with Crippen molar-refractivity contribution in [2.75, 3.05) is 12.4 Å². The van der Waals surface area contributed by atoms with Gasteiger partial charge in [0.2, 0.25) is 0 Å². The molecule has 1 aromatic rings. The number of aliphatic hydroxyl groups excluding tert-OH is 1. The van der Waals surface area contributed by atoms with Gasteiger partial charge in [-0.1, -0.05) is 71.1 Å². The molecule has 0 aliphatic heterocycles. The molecule has 1 aromatic carbocycles. The maximum absolute atomic E-state index is 9.70. The smallest absolute Gasteiger partial charge is 0.0459 e. The van der Waals surface area contributed by atoms with Gasteiger partial charge in [-0.05, 0) is 54.9 Å². The van der Waals surface area contributed by atoms with Crippen LogP contribution in [0.25, 0.3) is 0 Å². The summed E-state index contributed by atoms with van der Waals surface area (Å²) < 4.78 is 0. The summed E-state index contributed by atoms with van der Waals surface area (Å²) in [5.41, 5.74) is 0. The number of unbranched alkanes of at least 4 members (excludes halogenated alkanes) is 3. The van der Waals surface area contributed by atoms with Gasteiger partial charge >= 0.3 is 0 Å². The third-order valence-corrected chi connectivity index (χ3v) is 6.31. The molecular formula is C22H38OS. The zero-order chi connectivity index (χ0) is 17.6. The standard InChI is InChI=1S/C22H38OS/c1-4-5-7-12-19(2)20(3)17-21(18-23)13-10-11-16-24-22-14-8-6-9-15-22/h6,8-9,14-15,19-21,23H,4-5,7,10-13,16-18H2,1-3H3/t19?,20-,21?/m0/s1. The molecular weight excluding hydrogens is 312 g/mol. The molecule has 24 heavy (non-hydrogen) atoms. The lowest BCUT2D eigenvalue weighted by molar-refractivity contribution is 0.175. The molecule has 0 aromatic heterocycles. The van der Waals surface area contributed by atoms with E-state index in [-0.39, 0.29) is 0 Å². The van der Waals surface area contributed by atoms with Crippen molar-refractivity contribution in [2.24, 2.45) is 17.8 Å². The summed E-state index contributed by atoms with van der Waals surface area (Å²) in [4.78, 5) is 1.37. The molecule has 1 nitrogen and oxygen atoms in total. The maximum Gasteiger partial charge on any atom is 0.0459 e. The highest BCUT2D eigenvalue weighted by atomic mass is 32.2. The van der Waals surface area contributed by atoms with E-state index in [1.165, 1.54) is 62.0 Å². The highest BCUT2D eigenvalue weighted by Crippen LogP contribution is 2.27. The van der Waals surface area contributed by atoms with E-state index in [2.05, 4.69) is 51.1 Å². The van der Waals surface area contributed by atoms with Gasteiger partial charge < -0.3 is 5.11 Å². The summed E-state index contributed by atoms with van der Waals surface area (Å²) in [5.74, 6) is 3.21. The minimum atomic E-state index is 0.359. The van der Waals surface area contributed by atoms with Crippen molar-refractivity contribution in [2.45, 2.75) is 77.0 Å². The van der Waals surface area contributed by atoms with Crippen LogP contribution in [0.15, 0.2) is 35.2 Å². The Morgan fingerprint density at radius 3 is 2.29 bits per heavy atom. The molecule has 0 radical (unpaired) electrons. The normalized spacial score (nSPS) is 15.2. The molecule has 0 heterocycles. The molecule has 0 saturated heterocycles. The Bertz CT molecular complexity index is 392. The van der Waals surface area contributed by atoms with E-state index >= 15 is 0 Å². The number of hydrogen-bond donors (Lipinski definition) is 1. The van der Waals surface area contributed by atoms with E-state index in [1.54, 1.807) is 0 Å². The molecule has 1 rings (SSSR count). The third-order valence-electron chi connectivity index (χ3n) is 5.22. The highest BCUT2D eigenvalue weighted by molar-refractivity contribution is 7.99. The number of hydrogen-bond acceptors (Lipinski definition) is 2. The predicted molar refractivity (Wildman–Crippen MR) is 109 cm³/mol. The lowest BCUT2D eigenvalue weighted by Crippen LogP contribution is -2.16. The number of thioether (sulfide) groups is 1. The Morgan fingerprint density at radius 2 is 1.62 bits per heavy atom. The second kappa shape index (κ2) is 13.8. The predicted octanol–water partition coefficient (Wildman–Crippen LogP) is 6.80. The van der Waals surface area contributed by atoms with Gasteiger partial charge in [0, 0.05) is 11.5 Å². The molecule has 0 aliphatic rings. The fourth-order valence-corrected chi connectivity index (χ4v) is 4.22.